The number of rotatable bonds is 45. The fourth-order valence-electron chi connectivity index (χ4n) is 6.67. The number of hydrogen-bond donors (Lipinski definition) is 0. The van der Waals surface area contributed by atoms with Crippen LogP contribution in [0.25, 0.3) is 0 Å². The average Bonchev–Trinajstić information content (AvgIpc) is 3.28. The van der Waals surface area contributed by atoms with E-state index in [0.29, 0.717) is 25.7 Å². The first-order valence-electron chi connectivity index (χ1n) is 25.7. The molecule has 1 atom stereocenters. The molecule has 0 unspecified atom stereocenters. The molecular weight excluding hydrogens is 781 g/mol. The van der Waals surface area contributed by atoms with Gasteiger partial charge in [0.25, 0.3) is 0 Å². The van der Waals surface area contributed by atoms with E-state index in [-0.39, 0.29) is 31.1 Å². The summed E-state index contributed by atoms with van der Waals surface area (Å²) >= 11 is 0. The Morgan fingerprint density at radius 3 is 1.05 bits per heavy atom. The highest BCUT2D eigenvalue weighted by Crippen LogP contribution is 2.13. The molecule has 0 spiro atoms. The molecule has 0 bridgehead atoms. The minimum Gasteiger partial charge on any atom is -0.462 e. The molecule has 358 valence electrons. The standard InChI is InChI=1S/C57H94O6/c1-4-7-10-13-16-19-22-25-28-31-34-37-40-43-46-49-55(58)61-52-54(63-57(60)51-48-45-42-39-36-33-30-27-24-21-18-15-12-9-6-3)53-62-56(59)50-47-44-41-38-35-32-29-26-23-20-17-14-11-8-5-2/h7,10,16-17,19-21,24-26,28-29,34-35,37-38,54H,4-6,8-9,11-15,18,22-23,27,30-33,36,39-53H2,1-3H3/b10-7-,19-16-,20-17-,24-21-,28-25-,29-26-,37-34-,38-35-/t54-/m1/s1. The van der Waals surface area contributed by atoms with Gasteiger partial charge in [0.2, 0.25) is 0 Å². The van der Waals surface area contributed by atoms with E-state index < -0.39 is 6.10 Å². The first-order chi connectivity index (χ1) is 31.0. The van der Waals surface area contributed by atoms with E-state index >= 15 is 0 Å². The zero-order valence-corrected chi connectivity index (χ0v) is 40.8. The predicted molar refractivity (Wildman–Crippen MR) is 270 cm³/mol. The fraction of sp³-hybridized carbons (Fsp3) is 0.667. The first-order valence-corrected chi connectivity index (χ1v) is 25.7. The Hall–Kier alpha value is -3.67. The molecule has 0 saturated carbocycles. The van der Waals surface area contributed by atoms with Gasteiger partial charge >= 0.3 is 17.9 Å². The second kappa shape index (κ2) is 51.0. The van der Waals surface area contributed by atoms with Gasteiger partial charge in [0.05, 0.1) is 0 Å². The van der Waals surface area contributed by atoms with Crippen molar-refractivity contribution in [3.05, 3.63) is 97.2 Å². The monoisotopic (exact) mass is 875 g/mol. The molecule has 0 aliphatic rings. The van der Waals surface area contributed by atoms with Crippen LogP contribution in [0.3, 0.4) is 0 Å². The lowest BCUT2D eigenvalue weighted by atomic mass is 10.1. The van der Waals surface area contributed by atoms with E-state index in [1.54, 1.807) is 0 Å². The van der Waals surface area contributed by atoms with Gasteiger partial charge in [0, 0.05) is 19.3 Å². The molecule has 6 heteroatoms. The molecule has 6 nitrogen and oxygen atoms in total. The van der Waals surface area contributed by atoms with Crippen molar-refractivity contribution in [1.82, 2.24) is 0 Å². The van der Waals surface area contributed by atoms with Gasteiger partial charge in [0.15, 0.2) is 6.10 Å². The highest BCUT2D eigenvalue weighted by molar-refractivity contribution is 5.71. The maximum atomic E-state index is 12.8. The van der Waals surface area contributed by atoms with Gasteiger partial charge in [-0.15, -0.1) is 0 Å². The minimum absolute atomic E-state index is 0.113. The number of carbonyl (C=O) groups excluding carboxylic acids is 3. The van der Waals surface area contributed by atoms with E-state index in [4.69, 9.17) is 14.2 Å². The van der Waals surface area contributed by atoms with E-state index in [1.807, 2.05) is 0 Å². The van der Waals surface area contributed by atoms with Crippen LogP contribution in [-0.4, -0.2) is 37.2 Å². The summed E-state index contributed by atoms with van der Waals surface area (Å²) in [7, 11) is 0. The van der Waals surface area contributed by atoms with Crippen molar-refractivity contribution in [2.45, 2.75) is 232 Å². The Labute approximate surface area is 387 Å². The maximum Gasteiger partial charge on any atom is 0.306 e. The summed E-state index contributed by atoms with van der Waals surface area (Å²) in [6.07, 6.45) is 66.8. The van der Waals surface area contributed by atoms with Crippen molar-refractivity contribution < 1.29 is 28.6 Å². The van der Waals surface area contributed by atoms with Gasteiger partial charge in [0.1, 0.15) is 13.2 Å². The first kappa shape index (κ1) is 59.3. The molecule has 0 radical (unpaired) electrons. The number of ether oxygens (including phenoxy) is 3. The molecule has 0 aromatic heterocycles. The Balaban J connectivity index is 4.53. The van der Waals surface area contributed by atoms with Gasteiger partial charge < -0.3 is 14.2 Å². The molecule has 0 N–H and O–H groups in total. The van der Waals surface area contributed by atoms with E-state index in [0.717, 1.165) is 89.9 Å². The number of unbranched alkanes of at least 4 members (excludes halogenated alkanes) is 18. The van der Waals surface area contributed by atoms with Crippen molar-refractivity contribution in [3.63, 3.8) is 0 Å². The second-order valence-electron chi connectivity index (χ2n) is 16.7. The Morgan fingerprint density at radius 2 is 0.619 bits per heavy atom. The fourth-order valence-corrected chi connectivity index (χ4v) is 6.67. The largest absolute Gasteiger partial charge is 0.462 e. The van der Waals surface area contributed by atoms with Gasteiger partial charge in [-0.25, -0.2) is 0 Å². The quantitative estimate of drug-likeness (QED) is 0.0262. The highest BCUT2D eigenvalue weighted by atomic mass is 16.6. The third kappa shape index (κ3) is 49.2. The van der Waals surface area contributed by atoms with Gasteiger partial charge in [-0.05, 0) is 122 Å². The van der Waals surface area contributed by atoms with Gasteiger partial charge in [-0.2, -0.15) is 0 Å². The van der Waals surface area contributed by atoms with Crippen molar-refractivity contribution in [3.8, 4) is 0 Å². The number of carbonyl (C=O) groups is 3. The number of allylic oxidation sites excluding steroid dienone is 16. The summed E-state index contributed by atoms with van der Waals surface area (Å²) in [5.74, 6) is -0.998. The topological polar surface area (TPSA) is 78.9 Å². The predicted octanol–water partition coefficient (Wildman–Crippen LogP) is 17.0. The van der Waals surface area contributed by atoms with Crippen LogP contribution in [0.15, 0.2) is 97.2 Å². The molecule has 0 aliphatic heterocycles. The van der Waals surface area contributed by atoms with E-state index in [2.05, 4.69) is 118 Å². The van der Waals surface area contributed by atoms with Crippen molar-refractivity contribution in [1.29, 1.82) is 0 Å². The summed E-state index contributed by atoms with van der Waals surface area (Å²) in [6, 6.07) is 0. The zero-order chi connectivity index (χ0) is 45.8. The SMILES string of the molecule is CC/C=C\C/C=C\C/C=C\C/C=C\CCCCC(=O)OC[C@H](COC(=O)CCCC/C=C\C/C=C\C/C=C\CCCCC)OC(=O)CCCCCCCCC/C=C\CCCCCC. The Bertz CT molecular complexity index is 1280. The van der Waals surface area contributed by atoms with Crippen LogP contribution in [-0.2, 0) is 28.6 Å². The third-order valence-corrected chi connectivity index (χ3v) is 10.5. The van der Waals surface area contributed by atoms with Crippen molar-refractivity contribution >= 4 is 17.9 Å². The van der Waals surface area contributed by atoms with Crippen LogP contribution in [0.4, 0.5) is 0 Å². The third-order valence-electron chi connectivity index (χ3n) is 10.5. The molecule has 0 fully saturated rings. The normalized spacial score (nSPS) is 12.9. The van der Waals surface area contributed by atoms with Crippen molar-refractivity contribution in [2.75, 3.05) is 13.2 Å². The molecule has 63 heavy (non-hydrogen) atoms. The molecule has 0 amide bonds. The number of hydrogen-bond acceptors (Lipinski definition) is 6. The van der Waals surface area contributed by atoms with Gasteiger partial charge in [-0.3, -0.25) is 14.4 Å². The Kier molecular flexibility index (Phi) is 48.0. The smallest absolute Gasteiger partial charge is 0.306 e. The molecule has 0 saturated heterocycles. The minimum atomic E-state index is -0.812. The summed E-state index contributed by atoms with van der Waals surface area (Å²) < 4.78 is 16.7. The lowest BCUT2D eigenvalue weighted by Crippen LogP contribution is -2.30. The van der Waals surface area contributed by atoms with Crippen LogP contribution in [0.5, 0.6) is 0 Å². The molecule has 0 aliphatic carbocycles. The molecule has 0 aromatic carbocycles. The van der Waals surface area contributed by atoms with Crippen LogP contribution in [0.1, 0.15) is 226 Å². The Morgan fingerprint density at radius 1 is 0.333 bits per heavy atom. The van der Waals surface area contributed by atoms with E-state index in [9.17, 15) is 14.4 Å². The van der Waals surface area contributed by atoms with Crippen LogP contribution >= 0.6 is 0 Å². The lowest BCUT2D eigenvalue weighted by Gasteiger charge is -2.18. The second-order valence-corrected chi connectivity index (χ2v) is 16.7. The summed E-state index contributed by atoms with van der Waals surface area (Å²) in [5.41, 5.74) is 0. The van der Waals surface area contributed by atoms with Crippen molar-refractivity contribution in [2.24, 2.45) is 0 Å². The molecule has 0 rings (SSSR count). The molecular formula is C57H94O6. The number of esters is 3. The van der Waals surface area contributed by atoms with Crippen LogP contribution in [0.2, 0.25) is 0 Å². The lowest BCUT2D eigenvalue weighted by molar-refractivity contribution is -0.167. The van der Waals surface area contributed by atoms with E-state index in [1.165, 1.54) is 89.9 Å². The molecule has 0 heterocycles. The van der Waals surface area contributed by atoms with Crippen LogP contribution < -0.4 is 0 Å². The summed E-state index contributed by atoms with van der Waals surface area (Å²) in [6.45, 7) is 6.40. The van der Waals surface area contributed by atoms with Crippen LogP contribution in [0, 0.1) is 0 Å². The highest BCUT2D eigenvalue weighted by Gasteiger charge is 2.19. The molecule has 0 aromatic rings. The zero-order valence-electron chi connectivity index (χ0n) is 40.8. The average molecular weight is 875 g/mol. The van der Waals surface area contributed by atoms with Gasteiger partial charge in [-0.1, -0.05) is 182 Å². The summed E-state index contributed by atoms with van der Waals surface area (Å²) in [4.78, 5) is 38.0. The summed E-state index contributed by atoms with van der Waals surface area (Å²) in [5, 5.41) is 0. The maximum absolute atomic E-state index is 12.8.